The third-order valence-electron chi connectivity index (χ3n) is 3.09. The summed E-state index contributed by atoms with van der Waals surface area (Å²) < 4.78 is 5.16. The van der Waals surface area contributed by atoms with Gasteiger partial charge < -0.3 is 9.72 Å². The molecule has 0 bridgehead atoms. The van der Waals surface area contributed by atoms with Gasteiger partial charge in [0.2, 0.25) is 0 Å². The number of H-pyrrole nitrogens is 1. The first-order valence-corrected chi connectivity index (χ1v) is 7.16. The molecule has 0 aliphatic carbocycles. The molecule has 2 aromatic carbocycles. The number of hydrogen-bond donors (Lipinski definition) is 1. The summed E-state index contributed by atoms with van der Waals surface area (Å²) in [6.07, 6.45) is 1.97. The van der Waals surface area contributed by atoms with Gasteiger partial charge >= 0.3 is 0 Å². The normalized spacial score (nSPS) is 10.8. The van der Waals surface area contributed by atoms with Crippen LogP contribution in [0.25, 0.3) is 10.9 Å². The summed E-state index contributed by atoms with van der Waals surface area (Å²) in [6.45, 7) is 0. The summed E-state index contributed by atoms with van der Waals surface area (Å²) in [5, 5.41) is 1.26. The molecule has 0 saturated carbocycles. The third kappa shape index (κ3) is 2.76. The van der Waals surface area contributed by atoms with Gasteiger partial charge in [0.25, 0.3) is 0 Å². The van der Waals surface area contributed by atoms with Crippen molar-refractivity contribution in [1.82, 2.24) is 4.98 Å². The molecule has 0 fully saturated rings. The van der Waals surface area contributed by atoms with Gasteiger partial charge in [-0.3, -0.25) is 0 Å². The number of benzene rings is 2. The molecule has 3 heteroatoms. The van der Waals surface area contributed by atoms with Crippen LogP contribution >= 0.6 is 11.8 Å². The topological polar surface area (TPSA) is 25.0 Å². The van der Waals surface area contributed by atoms with Gasteiger partial charge in [-0.15, -0.1) is 11.8 Å². The van der Waals surface area contributed by atoms with Gasteiger partial charge in [0.1, 0.15) is 5.75 Å². The lowest BCUT2D eigenvalue weighted by Crippen LogP contribution is -1.84. The zero-order valence-electron chi connectivity index (χ0n) is 10.7. The number of nitrogens with one attached hydrogen (secondary N) is 1. The Hall–Kier alpha value is -1.87. The summed E-state index contributed by atoms with van der Waals surface area (Å²) in [6, 6.07) is 16.9. The van der Waals surface area contributed by atoms with Crippen LogP contribution in [0.2, 0.25) is 0 Å². The molecule has 0 radical (unpaired) electrons. The van der Waals surface area contributed by atoms with E-state index in [2.05, 4.69) is 41.4 Å². The van der Waals surface area contributed by atoms with E-state index in [1.165, 1.54) is 21.4 Å². The van der Waals surface area contributed by atoms with E-state index in [9.17, 15) is 0 Å². The van der Waals surface area contributed by atoms with E-state index < -0.39 is 0 Å². The van der Waals surface area contributed by atoms with E-state index in [1.807, 2.05) is 30.1 Å². The number of thioether (sulfide) groups is 1. The Labute approximate surface area is 116 Å². The van der Waals surface area contributed by atoms with Crippen LogP contribution < -0.4 is 4.74 Å². The Bertz CT molecular complexity index is 673. The zero-order valence-corrected chi connectivity index (χ0v) is 11.5. The lowest BCUT2D eigenvalue weighted by molar-refractivity contribution is 0.414. The monoisotopic (exact) mass is 269 g/mol. The molecule has 0 atom stereocenters. The molecule has 0 aliphatic heterocycles. The van der Waals surface area contributed by atoms with Crippen LogP contribution in [0, 0.1) is 0 Å². The fourth-order valence-corrected chi connectivity index (χ4v) is 2.91. The van der Waals surface area contributed by atoms with Crippen molar-refractivity contribution in [3.63, 3.8) is 0 Å². The van der Waals surface area contributed by atoms with Crippen molar-refractivity contribution < 1.29 is 4.74 Å². The van der Waals surface area contributed by atoms with Crippen LogP contribution in [-0.2, 0) is 5.75 Å². The van der Waals surface area contributed by atoms with Crippen molar-refractivity contribution in [2.24, 2.45) is 0 Å². The number of hydrogen-bond acceptors (Lipinski definition) is 2. The highest BCUT2D eigenvalue weighted by Crippen LogP contribution is 2.26. The van der Waals surface area contributed by atoms with Gasteiger partial charge in [-0.1, -0.05) is 12.1 Å². The second-order valence-electron chi connectivity index (χ2n) is 4.36. The highest BCUT2D eigenvalue weighted by Gasteiger charge is 2.00. The van der Waals surface area contributed by atoms with Crippen molar-refractivity contribution in [2.75, 3.05) is 7.11 Å². The SMILES string of the molecule is COc1ccc(CSc2ccc3[nH]ccc3c2)cc1. The van der Waals surface area contributed by atoms with E-state index in [4.69, 9.17) is 4.74 Å². The molecule has 2 nitrogen and oxygen atoms in total. The minimum Gasteiger partial charge on any atom is -0.497 e. The van der Waals surface area contributed by atoms with Crippen LogP contribution in [0.15, 0.2) is 59.6 Å². The number of fused-ring (bicyclic) bond motifs is 1. The molecular weight excluding hydrogens is 254 g/mol. The van der Waals surface area contributed by atoms with Gasteiger partial charge in [-0.2, -0.15) is 0 Å². The highest BCUT2D eigenvalue weighted by molar-refractivity contribution is 7.98. The number of aromatic amines is 1. The first-order valence-electron chi connectivity index (χ1n) is 6.18. The Balaban J connectivity index is 1.70. The third-order valence-corrected chi connectivity index (χ3v) is 4.15. The van der Waals surface area contributed by atoms with Crippen molar-refractivity contribution in [3.8, 4) is 5.75 Å². The summed E-state index contributed by atoms with van der Waals surface area (Å²) in [5.41, 5.74) is 2.49. The highest BCUT2D eigenvalue weighted by atomic mass is 32.2. The second-order valence-corrected chi connectivity index (χ2v) is 5.41. The van der Waals surface area contributed by atoms with Gasteiger partial charge in [0.05, 0.1) is 7.11 Å². The van der Waals surface area contributed by atoms with Gasteiger partial charge in [0.15, 0.2) is 0 Å². The van der Waals surface area contributed by atoms with Crippen LogP contribution in [0.5, 0.6) is 5.75 Å². The molecule has 0 amide bonds. The standard InChI is InChI=1S/C16H15NOS/c1-18-14-4-2-12(3-5-14)11-19-15-6-7-16-13(10-15)8-9-17-16/h2-10,17H,11H2,1H3. The van der Waals surface area contributed by atoms with Crippen LogP contribution in [-0.4, -0.2) is 12.1 Å². The van der Waals surface area contributed by atoms with Crippen molar-refractivity contribution >= 4 is 22.7 Å². The molecule has 1 N–H and O–H groups in total. The molecule has 96 valence electrons. The number of methoxy groups -OCH3 is 1. The molecule has 1 heterocycles. The van der Waals surface area contributed by atoms with Gasteiger partial charge in [-0.25, -0.2) is 0 Å². The Morgan fingerprint density at radius 2 is 1.89 bits per heavy atom. The van der Waals surface area contributed by atoms with Crippen LogP contribution in [0.1, 0.15) is 5.56 Å². The average Bonchev–Trinajstić information content (AvgIpc) is 2.93. The van der Waals surface area contributed by atoms with E-state index >= 15 is 0 Å². The van der Waals surface area contributed by atoms with Gasteiger partial charge in [-0.05, 0) is 42.0 Å². The maximum atomic E-state index is 5.16. The molecule has 19 heavy (non-hydrogen) atoms. The van der Waals surface area contributed by atoms with Crippen LogP contribution in [0.3, 0.4) is 0 Å². The summed E-state index contributed by atoms with van der Waals surface area (Å²) >= 11 is 1.85. The predicted octanol–water partition coefficient (Wildman–Crippen LogP) is 4.47. The van der Waals surface area contributed by atoms with E-state index in [-0.39, 0.29) is 0 Å². The minimum absolute atomic E-state index is 0.905. The lowest BCUT2D eigenvalue weighted by atomic mass is 10.2. The van der Waals surface area contributed by atoms with Gasteiger partial charge in [0, 0.05) is 27.7 Å². The Kier molecular flexibility index (Phi) is 3.47. The van der Waals surface area contributed by atoms with Crippen molar-refractivity contribution in [1.29, 1.82) is 0 Å². The number of aromatic nitrogens is 1. The van der Waals surface area contributed by atoms with E-state index in [0.717, 1.165) is 11.5 Å². The minimum atomic E-state index is 0.905. The molecule has 3 aromatic rings. The number of rotatable bonds is 4. The smallest absolute Gasteiger partial charge is 0.118 e. The van der Waals surface area contributed by atoms with Crippen molar-refractivity contribution in [2.45, 2.75) is 10.6 Å². The first kappa shape index (κ1) is 12.2. The molecule has 0 unspecified atom stereocenters. The lowest BCUT2D eigenvalue weighted by Gasteiger charge is -2.04. The first-order chi connectivity index (χ1) is 9.35. The maximum Gasteiger partial charge on any atom is 0.118 e. The van der Waals surface area contributed by atoms with Crippen molar-refractivity contribution in [3.05, 3.63) is 60.3 Å². The summed E-state index contributed by atoms with van der Waals surface area (Å²) in [4.78, 5) is 4.50. The maximum absolute atomic E-state index is 5.16. The summed E-state index contributed by atoms with van der Waals surface area (Å²) in [7, 11) is 1.69. The molecule has 0 aliphatic rings. The predicted molar refractivity (Wildman–Crippen MR) is 80.9 cm³/mol. The molecule has 0 spiro atoms. The average molecular weight is 269 g/mol. The van der Waals surface area contributed by atoms with Crippen LogP contribution in [0.4, 0.5) is 0 Å². The molecular formula is C16H15NOS. The fraction of sp³-hybridized carbons (Fsp3) is 0.125. The quantitative estimate of drug-likeness (QED) is 0.707. The largest absolute Gasteiger partial charge is 0.497 e. The number of ether oxygens (including phenoxy) is 1. The summed E-state index contributed by atoms with van der Waals surface area (Å²) in [5.74, 6) is 1.88. The molecule has 0 saturated heterocycles. The second kappa shape index (κ2) is 5.41. The van der Waals surface area contributed by atoms with E-state index in [1.54, 1.807) is 7.11 Å². The molecule has 1 aromatic heterocycles. The molecule has 3 rings (SSSR count). The zero-order chi connectivity index (χ0) is 13.1. The fourth-order valence-electron chi connectivity index (χ4n) is 2.01. The Morgan fingerprint density at radius 1 is 1.05 bits per heavy atom. The van der Waals surface area contributed by atoms with E-state index in [0.29, 0.717) is 0 Å². The Morgan fingerprint density at radius 3 is 2.68 bits per heavy atom.